The topological polar surface area (TPSA) is 39.9 Å². The predicted molar refractivity (Wildman–Crippen MR) is 108 cm³/mol. The van der Waals surface area contributed by atoms with Gasteiger partial charge in [0.2, 0.25) is 0 Å². The molecule has 1 unspecified atom stereocenters. The first-order valence-electron chi connectivity index (χ1n) is 7.52. The molecule has 0 saturated carbocycles. The van der Waals surface area contributed by atoms with Crippen molar-refractivity contribution in [3.8, 4) is 0 Å². The summed E-state index contributed by atoms with van der Waals surface area (Å²) in [6.45, 7) is 15.8. The smallest absolute Gasteiger partial charge is 0.192 e. The van der Waals surface area contributed by atoms with Gasteiger partial charge in [-0.1, -0.05) is 38.4 Å². The molecule has 2 aromatic rings. The van der Waals surface area contributed by atoms with E-state index in [1.807, 2.05) is 12.3 Å². The Morgan fingerprint density at radius 3 is 2.65 bits per heavy atom. The van der Waals surface area contributed by atoms with Crippen LogP contribution >= 0.6 is 34.2 Å². The Morgan fingerprint density at radius 2 is 2.09 bits per heavy atom. The van der Waals surface area contributed by atoms with Gasteiger partial charge in [-0.25, -0.2) is 9.97 Å². The molecule has 0 aliphatic rings. The zero-order valence-corrected chi connectivity index (χ0v) is 18.1. The fourth-order valence-electron chi connectivity index (χ4n) is 2.09. The van der Waals surface area contributed by atoms with Gasteiger partial charge in [0.25, 0.3) is 0 Å². The molecule has 4 nitrogen and oxygen atoms in total. The van der Waals surface area contributed by atoms with Crippen molar-refractivity contribution in [3.63, 3.8) is 0 Å². The van der Waals surface area contributed by atoms with Crippen molar-refractivity contribution in [2.45, 2.75) is 51.6 Å². The summed E-state index contributed by atoms with van der Waals surface area (Å²) in [4.78, 5) is 8.44. The van der Waals surface area contributed by atoms with Crippen LogP contribution in [-0.4, -0.2) is 29.0 Å². The standard InChI is InChI=1S/C16H23ClIN3OSi/c1-7-11(22-23(5,6)16(2,3)4)8-21-9-12(18)13-14(17)19-10-20-15(13)21/h7,9-11H,1,8H2,2-6H3. The molecule has 0 bridgehead atoms. The van der Waals surface area contributed by atoms with Crippen LogP contribution in [0.3, 0.4) is 0 Å². The van der Waals surface area contributed by atoms with E-state index in [1.165, 1.54) is 6.33 Å². The van der Waals surface area contributed by atoms with Gasteiger partial charge in [0.1, 0.15) is 17.1 Å². The average molecular weight is 464 g/mol. The van der Waals surface area contributed by atoms with Crippen molar-refractivity contribution in [1.82, 2.24) is 14.5 Å². The average Bonchev–Trinajstić information content (AvgIpc) is 2.74. The summed E-state index contributed by atoms with van der Waals surface area (Å²) in [5.74, 6) is 0. The molecule has 2 aromatic heterocycles. The summed E-state index contributed by atoms with van der Waals surface area (Å²) >= 11 is 8.46. The fourth-order valence-corrected chi connectivity index (χ4v) is 4.59. The predicted octanol–water partition coefficient (Wildman–Crippen LogP) is 5.27. The molecule has 23 heavy (non-hydrogen) atoms. The van der Waals surface area contributed by atoms with Crippen LogP contribution in [0.2, 0.25) is 23.3 Å². The van der Waals surface area contributed by atoms with Crippen LogP contribution < -0.4 is 0 Å². The van der Waals surface area contributed by atoms with Gasteiger partial charge >= 0.3 is 0 Å². The van der Waals surface area contributed by atoms with Gasteiger partial charge in [0.15, 0.2) is 8.32 Å². The molecule has 126 valence electrons. The van der Waals surface area contributed by atoms with E-state index in [1.54, 1.807) is 0 Å². The van der Waals surface area contributed by atoms with Crippen LogP contribution in [0.25, 0.3) is 11.0 Å². The van der Waals surface area contributed by atoms with Gasteiger partial charge in [-0.3, -0.25) is 0 Å². The van der Waals surface area contributed by atoms with E-state index in [0.717, 1.165) is 14.6 Å². The highest BCUT2D eigenvalue weighted by atomic mass is 127. The van der Waals surface area contributed by atoms with E-state index in [0.29, 0.717) is 11.7 Å². The van der Waals surface area contributed by atoms with Gasteiger partial charge in [-0.15, -0.1) is 6.58 Å². The van der Waals surface area contributed by atoms with Crippen LogP contribution in [0.15, 0.2) is 25.2 Å². The maximum Gasteiger partial charge on any atom is 0.192 e. The van der Waals surface area contributed by atoms with Crippen molar-refractivity contribution in [2.24, 2.45) is 0 Å². The molecule has 0 aliphatic carbocycles. The Bertz CT molecular complexity index is 724. The third kappa shape index (κ3) is 3.97. The molecule has 0 aliphatic heterocycles. The monoisotopic (exact) mass is 463 g/mol. The lowest BCUT2D eigenvalue weighted by molar-refractivity contribution is 0.206. The highest BCUT2D eigenvalue weighted by Gasteiger charge is 2.38. The quantitative estimate of drug-likeness (QED) is 0.263. The Kier molecular flexibility index (Phi) is 5.60. The van der Waals surface area contributed by atoms with Crippen molar-refractivity contribution < 1.29 is 4.43 Å². The number of hydrogen-bond donors (Lipinski definition) is 0. The SMILES string of the molecule is C=CC(Cn1cc(I)c2c(Cl)ncnc21)O[Si](C)(C)C(C)(C)C. The van der Waals surface area contributed by atoms with Crippen molar-refractivity contribution in [2.75, 3.05) is 0 Å². The first kappa shape index (κ1) is 18.9. The number of halogens is 2. The molecule has 2 rings (SSSR count). The summed E-state index contributed by atoms with van der Waals surface area (Å²) in [6, 6.07) is 0. The molecule has 0 spiro atoms. The summed E-state index contributed by atoms with van der Waals surface area (Å²) in [7, 11) is -1.86. The molecule has 0 saturated heterocycles. The number of fused-ring (bicyclic) bond motifs is 1. The van der Waals surface area contributed by atoms with Crippen molar-refractivity contribution >= 4 is 53.5 Å². The molecule has 1 atom stereocenters. The Labute approximate surface area is 157 Å². The second-order valence-corrected chi connectivity index (χ2v) is 13.4. The molecule has 0 amide bonds. The highest BCUT2D eigenvalue weighted by Crippen LogP contribution is 2.37. The molecule has 0 aromatic carbocycles. The second kappa shape index (κ2) is 6.82. The van der Waals surface area contributed by atoms with Gasteiger partial charge < -0.3 is 8.99 Å². The third-order valence-corrected chi connectivity index (χ3v) is 10.1. The molecular weight excluding hydrogens is 441 g/mol. The summed E-state index contributed by atoms with van der Waals surface area (Å²) < 4.78 is 9.58. The Balaban J connectivity index is 2.30. The lowest BCUT2D eigenvalue weighted by Gasteiger charge is -2.38. The largest absolute Gasteiger partial charge is 0.409 e. The van der Waals surface area contributed by atoms with E-state index in [-0.39, 0.29) is 11.1 Å². The lowest BCUT2D eigenvalue weighted by atomic mass is 10.2. The van der Waals surface area contributed by atoms with Crippen LogP contribution in [0, 0.1) is 3.57 Å². The Hall–Kier alpha value is -0.443. The number of nitrogens with zero attached hydrogens (tertiary/aromatic N) is 3. The maximum absolute atomic E-state index is 6.47. The summed E-state index contributed by atoms with van der Waals surface area (Å²) in [5.41, 5.74) is 0.833. The zero-order valence-electron chi connectivity index (χ0n) is 14.2. The first-order valence-corrected chi connectivity index (χ1v) is 11.9. The molecule has 0 N–H and O–H groups in total. The first-order chi connectivity index (χ1) is 10.6. The van der Waals surface area contributed by atoms with Gasteiger partial charge in [0, 0.05) is 9.77 Å². The lowest BCUT2D eigenvalue weighted by Crippen LogP contribution is -2.44. The van der Waals surface area contributed by atoms with E-state index in [4.69, 9.17) is 16.0 Å². The minimum absolute atomic E-state index is 0.0592. The molecular formula is C16H23ClIN3OSi. The maximum atomic E-state index is 6.47. The number of rotatable bonds is 5. The van der Waals surface area contributed by atoms with Crippen LogP contribution in [0.1, 0.15) is 20.8 Å². The number of aromatic nitrogens is 3. The van der Waals surface area contributed by atoms with E-state index < -0.39 is 8.32 Å². The van der Waals surface area contributed by atoms with Crippen molar-refractivity contribution in [3.05, 3.63) is 33.9 Å². The fraction of sp³-hybridized carbons (Fsp3) is 0.500. The minimum atomic E-state index is -1.86. The summed E-state index contributed by atoms with van der Waals surface area (Å²) in [5, 5.41) is 1.54. The van der Waals surface area contributed by atoms with Crippen molar-refractivity contribution in [1.29, 1.82) is 0 Å². The van der Waals surface area contributed by atoms with Crippen LogP contribution in [0.4, 0.5) is 0 Å². The Morgan fingerprint density at radius 1 is 1.43 bits per heavy atom. The van der Waals surface area contributed by atoms with Crippen LogP contribution in [-0.2, 0) is 11.0 Å². The van der Waals surface area contributed by atoms with Crippen LogP contribution in [0.5, 0.6) is 0 Å². The minimum Gasteiger partial charge on any atom is -0.409 e. The zero-order chi connectivity index (χ0) is 17.4. The van der Waals surface area contributed by atoms with Gasteiger partial charge in [-0.05, 0) is 40.7 Å². The van der Waals surface area contributed by atoms with Gasteiger partial charge in [-0.2, -0.15) is 0 Å². The molecule has 2 heterocycles. The number of hydrogen-bond acceptors (Lipinski definition) is 3. The second-order valence-electron chi connectivity index (χ2n) is 7.14. The third-order valence-electron chi connectivity index (χ3n) is 4.45. The van der Waals surface area contributed by atoms with E-state index in [2.05, 4.69) is 77.6 Å². The molecule has 7 heteroatoms. The summed E-state index contributed by atoms with van der Waals surface area (Å²) in [6.07, 6.45) is 5.35. The van der Waals surface area contributed by atoms with Gasteiger partial charge in [0.05, 0.1) is 18.0 Å². The highest BCUT2D eigenvalue weighted by molar-refractivity contribution is 14.1. The molecule has 0 fully saturated rings. The normalized spacial score (nSPS) is 14.2. The van der Waals surface area contributed by atoms with E-state index in [9.17, 15) is 0 Å². The molecule has 0 radical (unpaired) electrons. The van der Waals surface area contributed by atoms with E-state index >= 15 is 0 Å².